The van der Waals surface area contributed by atoms with E-state index in [1.54, 1.807) is 21.7 Å². The van der Waals surface area contributed by atoms with E-state index in [0.717, 1.165) is 5.52 Å². The molecule has 0 aliphatic carbocycles. The molecule has 3 aliphatic rings. The molecule has 3 fully saturated rings. The Labute approximate surface area is 231 Å². The molecule has 2 bridgehead atoms. The van der Waals surface area contributed by atoms with Crippen LogP contribution in [0.1, 0.15) is 33.1 Å². The van der Waals surface area contributed by atoms with Gasteiger partial charge in [-0.1, -0.05) is 42.5 Å². The van der Waals surface area contributed by atoms with Gasteiger partial charge in [0.1, 0.15) is 23.8 Å². The Balaban J connectivity index is 1.32. The van der Waals surface area contributed by atoms with Crippen molar-refractivity contribution in [2.24, 2.45) is 17.8 Å². The number of hydrogen-bond donors (Lipinski definition) is 3. The van der Waals surface area contributed by atoms with Gasteiger partial charge < -0.3 is 25.4 Å². The maximum absolute atomic E-state index is 14.1. The molecule has 3 N–H and O–H groups in total. The number of aromatic nitrogens is 3. The van der Waals surface area contributed by atoms with Crippen molar-refractivity contribution in [3.05, 3.63) is 54.6 Å². The molecule has 0 saturated carbocycles. The number of carbonyl (C=O) groups excluding carboxylic acids is 3. The van der Waals surface area contributed by atoms with E-state index in [-0.39, 0.29) is 43.5 Å². The number of hydrogen-bond acceptors (Lipinski definition) is 7. The number of anilines is 1. The Morgan fingerprint density at radius 1 is 1.10 bits per heavy atom. The molecule has 40 heavy (non-hydrogen) atoms. The summed E-state index contributed by atoms with van der Waals surface area (Å²) in [7, 11) is 0. The normalized spacial score (nSPS) is 30.6. The van der Waals surface area contributed by atoms with E-state index >= 15 is 0 Å². The predicted molar refractivity (Wildman–Crippen MR) is 146 cm³/mol. The molecule has 11 heteroatoms. The first-order valence-electron chi connectivity index (χ1n) is 13.8. The van der Waals surface area contributed by atoms with Gasteiger partial charge >= 0.3 is 0 Å². The van der Waals surface area contributed by atoms with Crippen molar-refractivity contribution in [3.8, 4) is 0 Å². The average molecular weight is 547 g/mol. The fourth-order valence-electron chi connectivity index (χ4n) is 7.10. The van der Waals surface area contributed by atoms with Crippen molar-refractivity contribution in [1.29, 1.82) is 0 Å². The van der Waals surface area contributed by atoms with Crippen LogP contribution >= 0.6 is 0 Å². The fourth-order valence-corrected chi connectivity index (χ4v) is 7.10. The van der Waals surface area contributed by atoms with E-state index < -0.39 is 29.1 Å². The number of amides is 3. The van der Waals surface area contributed by atoms with E-state index in [0.29, 0.717) is 30.5 Å². The largest absolute Gasteiger partial charge is 0.396 e. The highest BCUT2D eigenvalue weighted by molar-refractivity contribution is 6.02. The lowest BCUT2D eigenvalue weighted by atomic mass is 9.62. The zero-order chi connectivity index (χ0) is 28.1. The number of aliphatic hydroxyl groups is 1. The molecule has 6 atom stereocenters. The lowest BCUT2D eigenvalue weighted by molar-refractivity contribution is -0.146. The maximum atomic E-state index is 14.1. The van der Waals surface area contributed by atoms with Crippen molar-refractivity contribution in [1.82, 2.24) is 25.2 Å². The molecule has 6 rings (SSSR count). The second-order valence-corrected chi connectivity index (χ2v) is 11.3. The van der Waals surface area contributed by atoms with Crippen LogP contribution in [0.2, 0.25) is 0 Å². The SMILES string of the molecule is CC1CC23O[C@@]1(C)[C@H](C(=O)Nc1ccccc1)[C@H]2C(=O)N(CCCCO)C3C(=O)NCn1nnc2ccccc21. The molecule has 3 saturated heterocycles. The zero-order valence-corrected chi connectivity index (χ0v) is 22.6. The predicted octanol–water partition coefficient (Wildman–Crippen LogP) is 1.93. The molecule has 3 aliphatic heterocycles. The second kappa shape index (κ2) is 9.97. The van der Waals surface area contributed by atoms with E-state index in [9.17, 15) is 19.5 Å². The van der Waals surface area contributed by atoms with Gasteiger partial charge in [-0.05, 0) is 56.4 Å². The van der Waals surface area contributed by atoms with Crippen molar-refractivity contribution in [3.63, 3.8) is 0 Å². The molecule has 210 valence electrons. The van der Waals surface area contributed by atoms with Gasteiger partial charge in [-0.25, -0.2) is 4.68 Å². The molecular formula is C29H34N6O5. The summed E-state index contributed by atoms with van der Waals surface area (Å²) >= 11 is 0. The van der Waals surface area contributed by atoms with Crippen LogP contribution < -0.4 is 10.6 Å². The molecule has 3 unspecified atom stereocenters. The van der Waals surface area contributed by atoms with Crippen LogP contribution in [0, 0.1) is 17.8 Å². The van der Waals surface area contributed by atoms with Gasteiger partial charge in [0, 0.05) is 18.8 Å². The Morgan fingerprint density at radius 3 is 2.62 bits per heavy atom. The molecule has 1 aromatic heterocycles. The number of carbonyl (C=O) groups is 3. The van der Waals surface area contributed by atoms with Gasteiger partial charge in [0.25, 0.3) is 0 Å². The third-order valence-corrected chi connectivity index (χ3v) is 9.02. The van der Waals surface area contributed by atoms with Crippen LogP contribution in [0.5, 0.6) is 0 Å². The Morgan fingerprint density at radius 2 is 1.85 bits per heavy atom. The third kappa shape index (κ3) is 3.98. The molecular weight excluding hydrogens is 512 g/mol. The van der Waals surface area contributed by atoms with Gasteiger partial charge in [-0.15, -0.1) is 5.10 Å². The molecule has 0 radical (unpaired) electrons. The van der Waals surface area contributed by atoms with Crippen LogP contribution in [0.3, 0.4) is 0 Å². The fraction of sp³-hybridized carbons (Fsp3) is 0.483. The Hall–Kier alpha value is -3.83. The molecule has 2 aromatic carbocycles. The molecule has 1 spiro atoms. The highest BCUT2D eigenvalue weighted by Gasteiger charge is 2.79. The average Bonchev–Trinajstić information content (AvgIpc) is 3.62. The Kier molecular flexibility index (Phi) is 6.58. The van der Waals surface area contributed by atoms with Gasteiger partial charge in [-0.3, -0.25) is 14.4 Å². The number of ether oxygens (including phenoxy) is 1. The summed E-state index contributed by atoms with van der Waals surface area (Å²) < 4.78 is 8.33. The van der Waals surface area contributed by atoms with Gasteiger partial charge in [0.05, 0.1) is 23.0 Å². The number of nitrogens with one attached hydrogen (secondary N) is 2. The van der Waals surface area contributed by atoms with Crippen LogP contribution in [0.15, 0.2) is 54.6 Å². The summed E-state index contributed by atoms with van der Waals surface area (Å²) in [4.78, 5) is 43.4. The van der Waals surface area contributed by atoms with Crippen molar-refractivity contribution in [2.45, 2.75) is 57.0 Å². The number of likely N-dealkylation sites (tertiary alicyclic amines) is 1. The minimum absolute atomic E-state index is 0.0133. The van der Waals surface area contributed by atoms with Gasteiger partial charge in [-0.2, -0.15) is 0 Å². The topological polar surface area (TPSA) is 139 Å². The minimum Gasteiger partial charge on any atom is -0.396 e. The van der Waals surface area contributed by atoms with Crippen molar-refractivity contribution in [2.75, 3.05) is 18.5 Å². The number of rotatable bonds is 9. The number of fused-ring (bicyclic) bond motifs is 2. The third-order valence-electron chi connectivity index (χ3n) is 9.02. The monoisotopic (exact) mass is 546 g/mol. The highest BCUT2D eigenvalue weighted by atomic mass is 16.5. The number of para-hydroxylation sites is 2. The number of nitrogens with zero attached hydrogens (tertiary/aromatic N) is 4. The number of aliphatic hydroxyl groups excluding tert-OH is 1. The van der Waals surface area contributed by atoms with Crippen LogP contribution in [0.25, 0.3) is 11.0 Å². The summed E-state index contributed by atoms with van der Waals surface area (Å²) in [5.74, 6) is -2.52. The van der Waals surface area contributed by atoms with E-state index in [4.69, 9.17) is 4.74 Å². The lowest BCUT2D eigenvalue weighted by Crippen LogP contribution is -2.56. The van der Waals surface area contributed by atoms with Gasteiger partial charge in [0.2, 0.25) is 17.7 Å². The first-order valence-corrected chi connectivity index (χ1v) is 13.8. The minimum atomic E-state index is -1.14. The summed E-state index contributed by atoms with van der Waals surface area (Å²) in [6.07, 6.45) is 1.50. The highest BCUT2D eigenvalue weighted by Crippen LogP contribution is 2.65. The lowest BCUT2D eigenvalue weighted by Gasteiger charge is -2.36. The van der Waals surface area contributed by atoms with E-state index in [1.807, 2.05) is 56.3 Å². The molecule has 3 aromatic rings. The summed E-state index contributed by atoms with van der Waals surface area (Å²) in [6.45, 7) is 4.24. The van der Waals surface area contributed by atoms with Crippen LogP contribution in [-0.2, 0) is 25.8 Å². The van der Waals surface area contributed by atoms with Crippen LogP contribution in [0.4, 0.5) is 5.69 Å². The molecule has 4 heterocycles. The van der Waals surface area contributed by atoms with E-state index in [2.05, 4.69) is 20.9 Å². The quantitative estimate of drug-likeness (QED) is 0.349. The standard InChI is InChI=1S/C29H34N6O5/c1-18-16-29-23(22(28(18,2)40-29)25(37)31-19-10-4-3-5-11-19)27(39)34(14-8-9-15-36)24(29)26(38)30-17-35-21-13-7-6-12-20(21)32-33-35/h3-7,10-13,18,22-24,36H,8-9,14-17H2,1-2H3,(H,30,38)(H,31,37)/t18?,22-,23-,24?,28+,29?/m0/s1. The van der Waals surface area contributed by atoms with Crippen molar-refractivity contribution < 1.29 is 24.2 Å². The van der Waals surface area contributed by atoms with Crippen LogP contribution in [-0.4, -0.2) is 73.1 Å². The number of unbranched alkanes of at least 4 members (excludes halogenated alkanes) is 1. The zero-order valence-electron chi connectivity index (χ0n) is 22.6. The van der Waals surface area contributed by atoms with E-state index in [1.165, 1.54) is 0 Å². The Bertz CT molecular complexity index is 1440. The summed E-state index contributed by atoms with van der Waals surface area (Å²) in [5.41, 5.74) is 0.0799. The summed E-state index contributed by atoms with van der Waals surface area (Å²) in [5, 5.41) is 23.6. The van der Waals surface area contributed by atoms with Gasteiger partial charge in [0.15, 0.2) is 0 Å². The molecule has 11 nitrogen and oxygen atoms in total. The molecule has 3 amide bonds. The first-order chi connectivity index (χ1) is 19.3. The first kappa shape index (κ1) is 26.4. The second-order valence-electron chi connectivity index (χ2n) is 11.3. The van der Waals surface area contributed by atoms with Crippen molar-refractivity contribution >= 4 is 34.4 Å². The maximum Gasteiger partial charge on any atom is 0.247 e. The summed E-state index contributed by atoms with van der Waals surface area (Å²) in [6, 6.07) is 15.7. The smallest absolute Gasteiger partial charge is 0.247 e. The number of benzene rings is 2.